The largest absolute Gasteiger partial charge is 0.491 e. The van der Waals surface area contributed by atoms with E-state index in [4.69, 9.17) is 9.47 Å². The molecular weight excluding hydrogens is 440 g/mol. The standard InChI is InChI=1S/C29H38N2O4/c1-2-6-25(33)21-34-27-12-9-23(20-32)22(19-27)15-16-30-24-10-13-26(14-11-24)35-29-8-5-18-31-17-4-3-7-28(29)31/h9-16,19-20,25,28-30,33H,2-8,17-18,21H2,1H3/b16-15-. The summed E-state index contributed by atoms with van der Waals surface area (Å²) in [5.41, 5.74) is 2.28. The monoisotopic (exact) mass is 478 g/mol. The molecular formula is C29H38N2O4. The van der Waals surface area contributed by atoms with E-state index in [0.29, 0.717) is 23.8 Å². The number of hydrogen-bond acceptors (Lipinski definition) is 6. The van der Waals surface area contributed by atoms with Gasteiger partial charge >= 0.3 is 0 Å². The first kappa shape index (κ1) is 25.3. The van der Waals surface area contributed by atoms with Gasteiger partial charge in [0.05, 0.1) is 6.10 Å². The fraction of sp³-hybridized carbons (Fsp3) is 0.483. The van der Waals surface area contributed by atoms with Crippen molar-refractivity contribution in [3.8, 4) is 11.5 Å². The maximum Gasteiger partial charge on any atom is 0.150 e. The number of fused-ring (bicyclic) bond motifs is 1. The van der Waals surface area contributed by atoms with Crippen molar-refractivity contribution in [3.63, 3.8) is 0 Å². The van der Waals surface area contributed by atoms with Gasteiger partial charge in [0.2, 0.25) is 0 Å². The number of hydrogen-bond donors (Lipinski definition) is 2. The summed E-state index contributed by atoms with van der Waals surface area (Å²) in [4.78, 5) is 14.1. The van der Waals surface area contributed by atoms with Crippen molar-refractivity contribution in [2.45, 2.75) is 70.1 Å². The lowest BCUT2D eigenvalue weighted by atomic mass is 9.90. The summed E-state index contributed by atoms with van der Waals surface area (Å²) in [6.45, 7) is 4.69. The van der Waals surface area contributed by atoms with Gasteiger partial charge in [0.25, 0.3) is 0 Å². The summed E-state index contributed by atoms with van der Waals surface area (Å²) < 4.78 is 12.1. The number of piperidine rings is 2. The third-order valence-corrected chi connectivity index (χ3v) is 6.93. The lowest BCUT2D eigenvalue weighted by Gasteiger charge is -2.43. The minimum Gasteiger partial charge on any atom is -0.491 e. The van der Waals surface area contributed by atoms with Gasteiger partial charge in [-0.25, -0.2) is 0 Å². The van der Waals surface area contributed by atoms with Crippen LogP contribution in [0, 0.1) is 0 Å². The Morgan fingerprint density at radius 3 is 2.66 bits per heavy atom. The summed E-state index contributed by atoms with van der Waals surface area (Å²) in [6, 6.07) is 13.9. The second-order valence-electron chi connectivity index (χ2n) is 9.56. The van der Waals surface area contributed by atoms with Gasteiger partial charge in [-0.1, -0.05) is 19.8 Å². The van der Waals surface area contributed by atoms with Crippen LogP contribution in [0.5, 0.6) is 11.5 Å². The number of nitrogens with zero attached hydrogens (tertiary/aromatic N) is 1. The zero-order chi connectivity index (χ0) is 24.5. The summed E-state index contributed by atoms with van der Waals surface area (Å²) in [7, 11) is 0. The molecule has 0 aromatic heterocycles. The molecule has 2 aliphatic heterocycles. The third kappa shape index (κ3) is 7.09. The molecule has 0 saturated carbocycles. The molecule has 2 aromatic rings. The van der Waals surface area contributed by atoms with Crippen LogP contribution in [0.4, 0.5) is 5.69 Å². The number of benzene rings is 2. The Hall–Kier alpha value is -2.83. The Kier molecular flexibility index (Phi) is 9.21. The molecule has 0 spiro atoms. The zero-order valence-electron chi connectivity index (χ0n) is 20.7. The average molecular weight is 479 g/mol. The van der Waals surface area contributed by atoms with E-state index in [1.807, 2.05) is 49.5 Å². The molecule has 35 heavy (non-hydrogen) atoms. The lowest BCUT2D eigenvalue weighted by Crippen LogP contribution is -2.52. The Labute approximate surface area is 208 Å². The van der Waals surface area contributed by atoms with E-state index in [1.54, 1.807) is 12.1 Å². The average Bonchev–Trinajstić information content (AvgIpc) is 2.89. The number of nitrogens with one attached hydrogen (secondary N) is 1. The predicted octanol–water partition coefficient (Wildman–Crippen LogP) is 5.52. The van der Waals surface area contributed by atoms with Gasteiger partial charge < -0.3 is 19.9 Å². The second-order valence-corrected chi connectivity index (χ2v) is 9.56. The van der Waals surface area contributed by atoms with Gasteiger partial charge in [-0.3, -0.25) is 9.69 Å². The number of carbonyl (C=O) groups excluding carboxylic acids is 1. The third-order valence-electron chi connectivity index (χ3n) is 6.93. The minimum atomic E-state index is -0.488. The van der Waals surface area contributed by atoms with Gasteiger partial charge in [0.15, 0.2) is 6.29 Å². The van der Waals surface area contributed by atoms with Crippen LogP contribution in [-0.2, 0) is 0 Å². The number of anilines is 1. The molecule has 2 aliphatic rings. The molecule has 188 valence electrons. The molecule has 2 saturated heterocycles. The molecule has 0 radical (unpaired) electrons. The van der Waals surface area contributed by atoms with E-state index >= 15 is 0 Å². The summed E-state index contributed by atoms with van der Waals surface area (Å²) in [6.07, 6.45) is 12.1. The predicted molar refractivity (Wildman–Crippen MR) is 140 cm³/mol. The van der Waals surface area contributed by atoms with Gasteiger partial charge in [-0.2, -0.15) is 0 Å². The normalized spacial score (nSPS) is 21.3. The van der Waals surface area contributed by atoms with E-state index in [0.717, 1.165) is 36.1 Å². The van der Waals surface area contributed by atoms with E-state index in [1.165, 1.54) is 38.8 Å². The summed E-state index contributed by atoms with van der Waals surface area (Å²) in [5.74, 6) is 1.54. The quantitative estimate of drug-likeness (QED) is 0.415. The van der Waals surface area contributed by atoms with E-state index < -0.39 is 6.10 Å². The highest BCUT2D eigenvalue weighted by molar-refractivity contribution is 5.82. The van der Waals surface area contributed by atoms with E-state index in [2.05, 4.69) is 10.2 Å². The second kappa shape index (κ2) is 12.8. The van der Waals surface area contributed by atoms with Crippen molar-refractivity contribution in [2.24, 2.45) is 0 Å². The fourth-order valence-electron chi connectivity index (χ4n) is 5.08. The van der Waals surface area contributed by atoms with Crippen LogP contribution in [0.2, 0.25) is 0 Å². The molecule has 4 rings (SSSR count). The minimum absolute atomic E-state index is 0.240. The fourth-order valence-corrected chi connectivity index (χ4v) is 5.08. The number of aliphatic hydroxyl groups is 1. The van der Waals surface area contributed by atoms with Crippen LogP contribution in [0.15, 0.2) is 48.7 Å². The van der Waals surface area contributed by atoms with Crippen LogP contribution in [0.3, 0.4) is 0 Å². The molecule has 2 heterocycles. The van der Waals surface area contributed by atoms with Crippen LogP contribution in [0.25, 0.3) is 6.08 Å². The molecule has 2 N–H and O–H groups in total. The maximum absolute atomic E-state index is 11.5. The van der Waals surface area contributed by atoms with Crippen molar-refractivity contribution in [1.29, 1.82) is 0 Å². The van der Waals surface area contributed by atoms with Gasteiger partial charge in [-0.15, -0.1) is 0 Å². The van der Waals surface area contributed by atoms with Crippen LogP contribution in [-0.4, -0.2) is 54.2 Å². The number of ether oxygens (including phenoxy) is 2. The molecule has 0 bridgehead atoms. The molecule has 6 heteroatoms. The Bertz CT molecular complexity index is 973. The molecule has 3 atom stereocenters. The maximum atomic E-state index is 11.5. The molecule has 2 aromatic carbocycles. The summed E-state index contributed by atoms with van der Waals surface area (Å²) >= 11 is 0. The Morgan fingerprint density at radius 1 is 1.06 bits per heavy atom. The molecule has 0 aliphatic carbocycles. The summed E-state index contributed by atoms with van der Waals surface area (Å²) in [5, 5.41) is 13.2. The first-order valence-electron chi connectivity index (χ1n) is 13.0. The zero-order valence-corrected chi connectivity index (χ0v) is 20.7. The molecule has 2 fully saturated rings. The molecule has 3 unspecified atom stereocenters. The number of aliphatic hydroxyl groups excluding tert-OH is 1. The number of aldehydes is 1. The SMILES string of the molecule is CCCC(O)COc1ccc(C=O)c(/C=C\Nc2ccc(OC3CCCN4CCCCC34)cc2)c1. The van der Waals surface area contributed by atoms with E-state index in [9.17, 15) is 9.90 Å². The Morgan fingerprint density at radius 2 is 1.86 bits per heavy atom. The number of rotatable bonds is 11. The highest BCUT2D eigenvalue weighted by Gasteiger charge is 2.34. The van der Waals surface area contributed by atoms with Gasteiger partial charge in [0.1, 0.15) is 24.2 Å². The Balaban J connectivity index is 1.32. The van der Waals surface area contributed by atoms with Crippen molar-refractivity contribution in [2.75, 3.05) is 25.0 Å². The number of carbonyl (C=O) groups is 1. The first-order valence-corrected chi connectivity index (χ1v) is 13.0. The highest BCUT2D eigenvalue weighted by atomic mass is 16.5. The van der Waals surface area contributed by atoms with Crippen molar-refractivity contribution in [3.05, 3.63) is 59.8 Å². The highest BCUT2D eigenvalue weighted by Crippen LogP contribution is 2.30. The topological polar surface area (TPSA) is 71.0 Å². The van der Waals surface area contributed by atoms with Crippen LogP contribution >= 0.6 is 0 Å². The molecule has 0 amide bonds. The smallest absolute Gasteiger partial charge is 0.150 e. The van der Waals surface area contributed by atoms with Crippen molar-refractivity contribution < 1.29 is 19.4 Å². The van der Waals surface area contributed by atoms with Crippen LogP contribution in [0.1, 0.15) is 67.8 Å². The van der Waals surface area contributed by atoms with Gasteiger partial charge in [-0.05, 0) is 99.3 Å². The lowest BCUT2D eigenvalue weighted by molar-refractivity contribution is 0.00561. The molecule has 6 nitrogen and oxygen atoms in total. The van der Waals surface area contributed by atoms with Crippen molar-refractivity contribution >= 4 is 18.0 Å². The first-order chi connectivity index (χ1) is 17.2. The van der Waals surface area contributed by atoms with Gasteiger partial charge in [0, 0.05) is 23.5 Å². The van der Waals surface area contributed by atoms with Crippen molar-refractivity contribution in [1.82, 2.24) is 4.90 Å². The van der Waals surface area contributed by atoms with E-state index in [-0.39, 0.29) is 12.7 Å². The van der Waals surface area contributed by atoms with Crippen LogP contribution < -0.4 is 14.8 Å².